The Kier molecular flexibility index (Phi) is 1.46. The fraction of sp³-hybridized carbons (Fsp3) is 0.125. The minimum Gasteiger partial charge on any atom is -0.263 e. The van der Waals surface area contributed by atoms with Gasteiger partial charge in [0.15, 0.2) is 0 Å². The molecule has 0 bridgehead atoms. The maximum absolute atomic E-state index is 4.08. The molecule has 0 aromatic carbocycles. The SMILES string of the molecule is Bc1c(C)sc2cnccc12. The van der Waals surface area contributed by atoms with Crippen LogP contribution in [0.3, 0.4) is 0 Å². The summed E-state index contributed by atoms with van der Waals surface area (Å²) >= 11 is 1.82. The van der Waals surface area contributed by atoms with E-state index in [0.717, 1.165) is 0 Å². The summed E-state index contributed by atoms with van der Waals surface area (Å²) in [5.41, 5.74) is 1.40. The average Bonchev–Trinajstić information content (AvgIpc) is 2.30. The minimum atomic E-state index is 1.29. The highest BCUT2D eigenvalue weighted by molar-refractivity contribution is 7.20. The van der Waals surface area contributed by atoms with Crippen molar-refractivity contribution in [1.29, 1.82) is 0 Å². The monoisotopic (exact) mass is 161 g/mol. The summed E-state index contributed by atoms with van der Waals surface area (Å²) in [5.74, 6) is 0. The Morgan fingerprint density at radius 3 is 3.09 bits per heavy atom. The lowest BCUT2D eigenvalue weighted by molar-refractivity contribution is 1.37. The van der Waals surface area contributed by atoms with E-state index in [0.29, 0.717) is 0 Å². The Bertz CT molecular complexity index is 394. The first-order valence-electron chi connectivity index (χ1n) is 3.59. The van der Waals surface area contributed by atoms with E-state index in [2.05, 4.69) is 25.8 Å². The van der Waals surface area contributed by atoms with Crippen LogP contribution in [0.15, 0.2) is 18.5 Å². The lowest BCUT2D eigenvalue weighted by atomic mass is 9.94. The van der Waals surface area contributed by atoms with Crippen LogP contribution in [-0.2, 0) is 0 Å². The van der Waals surface area contributed by atoms with Crippen LogP contribution in [-0.4, -0.2) is 12.8 Å². The van der Waals surface area contributed by atoms with Gasteiger partial charge in [-0.2, -0.15) is 0 Å². The molecule has 0 amide bonds. The quantitative estimate of drug-likeness (QED) is 0.522. The molecular formula is C8H8BNS. The summed E-state index contributed by atoms with van der Waals surface area (Å²) in [6.45, 7) is 2.15. The summed E-state index contributed by atoms with van der Waals surface area (Å²) in [6.07, 6.45) is 3.78. The molecule has 0 atom stereocenters. The van der Waals surface area contributed by atoms with Crippen LogP contribution in [0.4, 0.5) is 0 Å². The number of rotatable bonds is 0. The summed E-state index contributed by atoms with van der Waals surface area (Å²) in [5, 5.41) is 1.35. The van der Waals surface area contributed by atoms with Crippen LogP contribution in [0.2, 0.25) is 0 Å². The van der Waals surface area contributed by atoms with Gasteiger partial charge in [-0.15, -0.1) is 11.3 Å². The summed E-state index contributed by atoms with van der Waals surface area (Å²) < 4.78 is 1.29. The predicted molar refractivity (Wildman–Crippen MR) is 52.5 cm³/mol. The van der Waals surface area contributed by atoms with E-state index in [1.54, 1.807) is 0 Å². The van der Waals surface area contributed by atoms with Gasteiger partial charge in [0.05, 0.1) is 4.70 Å². The van der Waals surface area contributed by atoms with Crippen LogP contribution in [0, 0.1) is 6.92 Å². The van der Waals surface area contributed by atoms with Gasteiger partial charge in [-0.05, 0) is 23.3 Å². The van der Waals surface area contributed by atoms with Crippen LogP contribution in [0.25, 0.3) is 10.1 Å². The zero-order valence-corrected chi connectivity index (χ0v) is 7.40. The Balaban J connectivity index is 2.92. The lowest BCUT2D eigenvalue weighted by Gasteiger charge is -1.88. The van der Waals surface area contributed by atoms with Crippen LogP contribution >= 0.6 is 11.3 Å². The largest absolute Gasteiger partial charge is 0.263 e. The fourth-order valence-corrected chi connectivity index (χ4v) is 2.24. The maximum atomic E-state index is 4.08. The second kappa shape index (κ2) is 2.34. The first-order valence-corrected chi connectivity index (χ1v) is 4.40. The molecule has 0 aliphatic carbocycles. The lowest BCUT2D eigenvalue weighted by Crippen LogP contribution is -2.01. The molecule has 0 N–H and O–H groups in total. The van der Waals surface area contributed by atoms with E-state index in [-0.39, 0.29) is 0 Å². The number of fused-ring (bicyclic) bond motifs is 1. The molecule has 0 radical (unpaired) electrons. The number of aromatic nitrogens is 1. The van der Waals surface area contributed by atoms with Gasteiger partial charge < -0.3 is 0 Å². The Hall–Kier alpha value is -0.825. The highest BCUT2D eigenvalue weighted by Gasteiger charge is 2.02. The number of pyridine rings is 1. The second-order valence-electron chi connectivity index (χ2n) is 2.66. The van der Waals surface area contributed by atoms with Gasteiger partial charge in [-0.25, -0.2) is 0 Å². The summed E-state index contributed by atoms with van der Waals surface area (Å²) in [7, 11) is 2.16. The standard InChI is InChI=1S/C8H8BNS/c1-5-8(9)6-2-3-10-4-7(6)11-5/h2-4H,9H2,1H3. The number of nitrogens with zero attached hydrogens (tertiary/aromatic N) is 1. The molecule has 0 spiro atoms. The molecule has 0 aliphatic heterocycles. The van der Waals surface area contributed by atoms with E-state index in [1.807, 2.05) is 23.7 Å². The van der Waals surface area contributed by atoms with Crippen molar-refractivity contribution in [2.75, 3.05) is 0 Å². The molecule has 2 heterocycles. The van der Waals surface area contributed by atoms with Gasteiger partial charge in [0.25, 0.3) is 0 Å². The number of hydrogen-bond acceptors (Lipinski definition) is 2. The van der Waals surface area contributed by atoms with E-state index < -0.39 is 0 Å². The van der Waals surface area contributed by atoms with Crippen molar-refractivity contribution in [2.24, 2.45) is 0 Å². The molecule has 11 heavy (non-hydrogen) atoms. The second-order valence-corrected chi connectivity index (χ2v) is 3.91. The van der Waals surface area contributed by atoms with Crippen molar-refractivity contribution in [3.63, 3.8) is 0 Å². The predicted octanol–water partition coefficient (Wildman–Crippen LogP) is 0.863. The number of hydrogen-bond donors (Lipinski definition) is 0. The van der Waals surface area contributed by atoms with Crippen LogP contribution in [0.5, 0.6) is 0 Å². The highest BCUT2D eigenvalue weighted by Crippen LogP contribution is 2.20. The Morgan fingerprint density at radius 2 is 2.36 bits per heavy atom. The van der Waals surface area contributed by atoms with Gasteiger partial charge in [-0.3, -0.25) is 4.98 Å². The van der Waals surface area contributed by atoms with E-state index in [4.69, 9.17) is 0 Å². The molecule has 2 rings (SSSR count). The van der Waals surface area contributed by atoms with Gasteiger partial charge in [0.1, 0.15) is 7.85 Å². The fourth-order valence-electron chi connectivity index (χ4n) is 1.20. The van der Waals surface area contributed by atoms with Crippen LogP contribution in [0.1, 0.15) is 4.88 Å². The van der Waals surface area contributed by atoms with Crippen molar-refractivity contribution in [2.45, 2.75) is 6.92 Å². The highest BCUT2D eigenvalue weighted by atomic mass is 32.1. The smallest absolute Gasteiger partial charge is 0.141 e. The van der Waals surface area contributed by atoms with Gasteiger partial charge >= 0.3 is 0 Å². The molecule has 3 heteroatoms. The van der Waals surface area contributed by atoms with Gasteiger partial charge in [0.2, 0.25) is 0 Å². The normalized spacial score (nSPS) is 10.6. The van der Waals surface area contributed by atoms with Crippen molar-refractivity contribution >= 4 is 34.7 Å². The van der Waals surface area contributed by atoms with Crippen molar-refractivity contribution < 1.29 is 0 Å². The Labute approximate surface area is 70.5 Å². The van der Waals surface area contributed by atoms with Gasteiger partial charge in [0, 0.05) is 12.4 Å². The zero-order chi connectivity index (χ0) is 7.84. The third kappa shape index (κ3) is 0.961. The molecule has 0 aliphatic rings. The first kappa shape index (κ1) is 6.86. The van der Waals surface area contributed by atoms with Crippen molar-refractivity contribution in [1.82, 2.24) is 4.98 Å². The molecule has 2 aromatic heterocycles. The third-order valence-electron chi connectivity index (χ3n) is 1.98. The maximum Gasteiger partial charge on any atom is 0.141 e. The summed E-state index contributed by atoms with van der Waals surface area (Å²) in [4.78, 5) is 5.47. The molecule has 0 saturated carbocycles. The average molecular weight is 161 g/mol. The topological polar surface area (TPSA) is 12.9 Å². The zero-order valence-electron chi connectivity index (χ0n) is 6.59. The molecule has 1 nitrogen and oxygen atoms in total. The summed E-state index contributed by atoms with van der Waals surface area (Å²) in [6, 6.07) is 2.08. The van der Waals surface area contributed by atoms with Crippen molar-refractivity contribution in [3.05, 3.63) is 23.3 Å². The third-order valence-corrected chi connectivity index (χ3v) is 3.14. The number of aryl methyl sites for hydroxylation is 1. The van der Waals surface area contributed by atoms with Crippen molar-refractivity contribution in [3.8, 4) is 0 Å². The van der Waals surface area contributed by atoms with Crippen LogP contribution < -0.4 is 5.46 Å². The molecule has 54 valence electrons. The molecular weight excluding hydrogens is 153 g/mol. The molecule has 2 aromatic rings. The minimum absolute atomic E-state index is 1.29. The molecule has 0 saturated heterocycles. The van der Waals surface area contributed by atoms with E-state index >= 15 is 0 Å². The first-order chi connectivity index (χ1) is 5.29. The van der Waals surface area contributed by atoms with E-state index in [9.17, 15) is 0 Å². The number of thiophene rings is 1. The molecule has 0 unspecified atom stereocenters. The van der Waals surface area contributed by atoms with Gasteiger partial charge in [-0.1, -0.05) is 5.46 Å². The van der Waals surface area contributed by atoms with E-state index in [1.165, 1.54) is 20.4 Å². The Morgan fingerprint density at radius 1 is 1.55 bits per heavy atom. The molecule has 0 fully saturated rings.